The lowest BCUT2D eigenvalue weighted by molar-refractivity contribution is 0.102. The van der Waals surface area contributed by atoms with Gasteiger partial charge in [-0.05, 0) is 42.8 Å². The molecule has 2 aromatic heterocycles. The lowest BCUT2D eigenvalue weighted by atomic mass is 10.1. The van der Waals surface area contributed by atoms with Crippen molar-refractivity contribution >= 4 is 17.2 Å². The van der Waals surface area contributed by atoms with Gasteiger partial charge in [0.15, 0.2) is 17.4 Å². The number of amides is 1. The van der Waals surface area contributed by atoms with Crippen molar-refractivity contribution in [3.8, 4) is 17.0 Å². The lowest BCUT2D eigenvalue weighted by Crippen LogP contribution is -2.15. The second-order valence-electron chi connectivity index (χ2n) is 6.69. The molecule has 0 saturated heterocycles. The van der Waals surface area contributed by atoms with Gasteiger partial charge >= 0.3 is 0 Å². The van der Waals surface area contributed by atoms with Crippen LogP contribution in [-0.4, -0.2) is 22.4 Å². The molecule has 0 unspecified atom stereocenters. The van der Waals surface area contributed by atoms with E-state index in [4.69, 9.17) is 0 Å². The van der Waals surface area contributed by atoms with Gasteiger partial charge in [0.2, 0.25) is 5.82 Å². The number of nitrogens with zero attached hydrogens (tertiary/aromatic N) is 2. The molecule has 0 aliphatic carbocycles. The van der Waals surface area contributed by atoms with E-state index in [1.54, 1.807) is 24.3 Å². The first kappa shape index (κ1) is 19.5. The number of nitrogens with one attached hydrogen (secondary N) is 1. The van der Waals surface area contributed by atoms with Gasteiger partial charge in [0.25, 0.3) is 5.91 Å². The minimum atomic E-state index is -1.49. The van der Waals surface area contributed by atoms with Gasteiger partial charge in [-0.3, -0.25) is 4.79 Å². The molecule has 0 aliphatic rings. The van der Waals surface area contributed by atoms with Gasteiger partial charge in [-0.15, -0.1) is 0 Å². The number of methoxy groups -OCH3 is 1. The highest BCUT2D eigenvalue weighted by atomic mass is 19.2. The monoisotopic (exact) mass is 411 g/mol. The number of aryl methyl sites for hydroxylation is 1. The van der Waals surface area contributed by atoms with E-state index in [9.17, 15) is 18.0 Å². The number of rotatable bonds is 4. The number of carbonyl (C=O) groups is 1. The topological polar surface area (TPSA) is 55.6 Å². The van der Waals surface area contributed by atoms with E-state index in [1.807, 2.05) is 35.9 Å². The van der Waals surface area contributed by atoms with E-state index in [2.05, 4.69) is 15.0 Å². The third-order valence-corrected chi connectivity index (χ3v) is 4.62. The van der Waals surface area contributed by atoms with Gasteiger partial charge in [-0.2, -0.15) is 4.39 Å². The molecule has 1 N–H and O–H groups in total. The third kappa shape index (κ3) is 3.47. The summed E-state index contributed by atoms with van der Waals surface area (Å²) in [6.07, 6.45) is 3.80. The molecule has 30 heavy (non-hydrogen) atoms. The van der Waals surface area contributed by atoms with E-state index >= 15 is 0 Å². The molecule has 5 nitrogen and oxygen atoms in total. The first-order chi connectivity index (χ1) is 14.4. The Kier molecular flexibility index (Phi) is 4.91. The minimum absolute atomic E-state index is 0.353. The molecule has 0 saturated carbocycles. The highest BCUT2D eigenvalue weighted by Gasteiger charge is 2.23. The van der Waals surface area contributed by atoms with Gasteiger partial charge in [-0.1, -0.05) is 12.1 Å². The number of carbonyl (C=O) groups excluding carboxylic acids is 1. The molecule has 4 aromatic rings. The van der Waals surface area contributed by atoms with Crippen molar-refractivity contribution in [2.45, 2.75) is 6.92 Å². The summed E-state index contributed by atoms with van der Waals surface area (Å²) in [5.41, 5.74) is 3.16. The Hall–Kier alpha value is -3.81. The van der Waals surface area contributed by atoms with Crippen LogP contribution in [0.4, 0.5) is 18.9 Å². The molecule has 2 heterocycles. The van der Waals surface area contributed by atoms with Gasteiger partial charge < -0.3 is 14.5 Å². The number of imidazole rings is 1. The van der Waals surface area contributed by atoms with Crippen LogP contribution in [0.1, 0.15) is 15.9 Å². The van der Waals surface area contributed by atoms with Gasteiger partial charge in [-0.25, -0.2) is 13.8 Å². The number of pyridine rings is 1. The van der Waals surface area contributed by atoms with E-state index in [1.165, 1.54) is 0 Å². The Morgan fingerprint density at radius 2 is 1.80 bits per heavy atom. The largest absolute Gasteiger partial charge is 0.491 e. The Morgan fingerprint density at radius 3 is 2.50 bits per heavy atom. The van der Waals surface area contributed by atoms with E-state index < -0.39 is 34.7 Å². The Morgan fingerprint density at radius 1 is 1.07 bits per heavy atom. The average Bonchev–Trinajstić information content (AvgIpc) is 3.14. The molecule has 8 heteroatoms. The Labute approximate surface area is 169 Å². The predicted molar refractivity (Wildman–Crippen MR) is 106 cm³/mol. The molecule has 1 amide bonds. The summed E-state index contributed by atoms with van der Waals surface area (Å²) in [5, 5.41) is 2.46. The summed E-state index contributed by atoms with van der Waals surface area (Å²) in [6, 6.07) is 11.1. The number of aromatic nitrogens is 2. The molecular formula is C22H16F3N3O2. The van der Waals surface area contributed by atoms with E-state index in [-0.39, 0.29) is 0 Å². The minimum Gasteiger partial charge on any atom is -0.491 e. The summed E-state index contributed by atoms with van der Waals surface area (Å²) in [5.74, 6) is -6.02. The maximum atomic E-state index is 14.3. The average molecular weight is 411 g/mol. The zero-order valence-corrected chi connectivity index (χ0v) is 16.0. The third-order valence-electron chi connectivity index (χ3n) is 4.62. The lowest BCUT2D eigenvalue weighted by Gasteiger charge is -2.10. The fourth-order valence-corrected chi connectivity index (χ4v) is 3.07. The quantitative estimate of drug-likeness (QED) is 0.482. The fraction of sp³-hybridized carbons (Fsp3) is 0.0909. The standard InChI is InChI=1S/C22H16F3N3O2/c1-12-7-8-28-11-17(27-18(28)9-12)13-3-5-14(6-4-13)26-22(29)15-10-16(23)20(25)21(30-2)19(15)24/h3-11H,1-2H3,(H,26,29). The summed E-state index contributed by atoms with van der Waals surface area (Å²) >= 11 is 0. The normalized spacial score (nSPS) is 11.0. The van der Waals surface area contributed by atoms with Crippen LogP contribution in [0.2, 0.25) is 0 Å². The summed E-state index contributed by atoms with van der Waals surface area (Å²) < 4.78 is 47.9. The van der Waals surface area contributed by atoms with Crippen LogP contribution < -0.4 is 10.1 Å². The van der Waals surface area contributed by atoms with Crippen LogP contribution in [0.3, 0.4) is 0 Å². The number of hydrogen-bond donors (Lipinski definition) is 1. The molecule has 0 aliphatic heterocycles. The summed E-state index contributed by atoms with van der Waals surface area (Å²) in [7, 11) is 0.988. The van der Waals surface area contributed by atoms with Crippen LogP contribution in [0.25, 0.3) is 16.9 Å². The first-order valence-electron chi connectivity index (χ1n) is 8.96. The van der Waals surface area contributed by atoms with Crippen LogP contribution >= 0.6 is 0 Å². The van der Waals surface area contributed by atoms with E-state index in [0.717, 1.165) is 29.6 Å². The summed E-state index contributed by atoms with van der Waals surface area (Å²) in [6.45, 7) is 1.98. The molecule has 0 radical (unpaired) electrons. The number of ether oxygens (including phenoxy) is 1. The van der Waals surface area contributed by atoms with Crippen molar-refractivity contribution in [3.63, 3.8) is 0 Å². The molecule has 2 aromatic carbocycles. The summed E-state index contributed by atoms with van der Waals surface area (Å²) in [4.78, 5) is 16.9. The van der Waals surface area contributed by atoms with Crippen molar-refractivity contribution in [3.05, 3.63) is 83.4 Å². The second kappa shape index (κ2) is 7.55. The number of halogens is 3. The molecule has 152 valence electrons. The Bertz CT molecular complexity index is 1270. The molecule has 0 atom stereocenters. The van der Waals surface area contributed by atoms with Crippen molar-refractivity contribution in [2.75, 3.05) is 12.4 Å². The van der Waals surface area contributed by atoms with Crippen LogP contribution in [0, 0.1) is 24.4 Å². The molecule has 0 fully saturated rings. The highest BCUT2D eigenvalue weighted by molar-refractivity contribution is 6.04. The predicted octanol–water partition coefficient (Wildman–Crippen LogP) is 4.99. The Balaban J connectivity index is 1.57. The second-order valence-corrected chi connectivity index (χ2v) is 6.69. The maximum Gasteiger partial charge on any atom is 0.258 e. The first-order valence-corrected chi connectivity index (χ1v) is 8.96. The molecule has 0 spiro atoms. The van der Waals surface area contributed by atoms with Crippen LogP contribution in [0.15, 0.2) is 54.9 Å². The van der Waals surface area contributed by atoms with Gasteiger partial charge in [0.05, 0.1) is 18.4 Å². The highest BCUT2D eigenvalue weighted by Crippen LogP contribution is 2.28. The smallest absolute Gasteiger partial charge is 0.258 e. The fourth-order valence-electron chi connectivity index (χ4n) is 3.07. The zero-order chi connectivity index (χ0) is 21.4. The zero-order valence-electron chi connectivity index (χ0n) is 16.0. The maximum absolute atomic E-state index is 14.3. The molecular weight excluding hydrogens is 395 g/mol. The van der Waals surface area contributed by atoms with Crippen LogP contribution in [0.5, 0.6) is 5.75 Å². The number of anilines is 1. The molecule has 4 rings (SSSR count). The number of fused-ring (bicyclic) bond motifs is 1. The SMILES string of the molecule is COc1c(F)c(F)cc(C(=O)Nc2ccc(-c3cn4ccc(C)cc4n3)cc2)c1F. The van der Waals surface area contributed by atoms with Gasteiger partial charge in [0.1, 0.15) is 5.65 Å². The van der Waals surface area contributed by atoms with E-state index in [0.29, 0.717) is 11.8 Å². The van der Waals surface area contributed by atoms with Crippen LogP contribution in [-0.2, 0) is 0 Å². The molecule has 0 bridgehead atoms. The number of benzene rings is 2. The van der Waals surface area contributed by atoms with Crippen molar-refractivity contribution in [1.82, 2.24) is 9.38 Å². The van der Waals surface area contributed by atoms with Crippen molar-refractivity contribution in [2.24, 2.45) is 0 Å². The van der Waals surface area contributed by atoms with Gasteiger partial charge in [0, 0.05) is 23.6 Å². The van der Waals surface area contributed by atoms with Crippen molar-refractivity contribution in [1.29, 1.82) is 0 Å². The number of hydrogen-bond acceptors (Lipinski definition) is 3. The van der Waals surface area contributed by atoms with Crippen molar-refractivity contribution < 1.29 is 22.7 Å².